The van der Waals surface area contributed by atoms with Gasteiger partial charge in [0.15, 0.2) is 0 Å². The van der Waals surface area contributed by atoms with Crippen LogP contribution >= 0.6 is 0 Å². The van der Waals surface area contributed by atoms with Crippen molar-refractivity contribution >= 4 is 83.8 Å². The predicted molar refractivity (Wildman–Crippen MR) is 584 cm³/mol. The van der Waals surface area contributed by atoms with Crippen LogP contribution in [0.25, 0.3) is 22.3 Å². The summed E-state index contributed by atoms with van der Waals surface area (Å²) in [4.78, 5) is 164. The summed E-state index contributed by atoms with van der Waals surface area (Å²) in [6.45, 7) is 14.1. The third kappa shape index (κ3) is 57.8. The van der Waals surface area contributed by atoms with E-state index in [0.29, 0.717) is 26.2 Å². The first kappa shape index (κ1) is 130. The quantitative estimate of drug-likeness (QED) is 0.00730. The lowest BCUT2D eigenvalue weighted by atomic mass is 9.98. The number of rotatable bonds is 68. The highest BCUT2D eigenvalue weighted by Gasteiger charge is 2.37. The third-order valence-electron chi connectivity index (χ3n) is 25.6. The summed E-state index contributed by atoms with van der Waals surface area (Å²) in [5, 5.41) is 50.4. The van der Waals surface area contributed by atoms with Crippen molar-refractivity contribution in [2.45, 2.75) is 379 Å². The Morgan fingerprint density at radius 2 is 0.587 bits per heavy atom. The second-order valence-electron chi connectivity index (χ2n) is 38.1. The number of cyclic esters (lactones) is 2. The van der Waals surface area contributed by atoms with E-state index in [1.165, 1.54) is 200 Å². The molecule has 0 unspecified atom stereocenters. The summed E-state index contributed by atoms with van der Waals surface area (Å²) in [6, 6.07) is 44.6. The van der Waals surface area contributed by atoms with Gasteiger partial charge in [-0.15, -0.1) is 0 Å². The molecule has 1 heterocycles. The van der Waals surface area contributed by atoms with Gasteiger partial charge in [0.1, 0.15) is 56.6 Å². The summed E-state index contributed by atoms with van der Waals surface area (Å²) >= 11 is 0. The maximum absolute atomic E-state index is 12.7. The summed E-state index contributed by atoms with van der Waals surface area (Å²) in [7, 11) is 1.48. The molecule has 3 aliphatic rings. The molecule has 5 atom stereocenters. The van der Waals surface area contributed by atoms with Crippen LogP contribution in [-0.4, -0.2) is 182 Å². The molecule has 33 heteroatoms. The van der Waals surface area contributed by atoms with Crippen LogP contribution in [0.2, 0.25) is 0 Å². The SMILES string of the molecule is CCCCCCCCCCCCNC(=O)C[C@@H](NC(=O)OCC1c2ccccc2-c2ccccc21)C(=O)NC.CCCCCCCCCCCCNC(=O)C[C@H](N)C(=O)O.CCCCCCCCCCCCNC(=O)C[C@H](NC(=O)OCC1c2ccccc2-c2ccccc21)C(=O)O.CCCCCCCCCCCCNC(=O)C[C@H](NC(=O)OCc1ccccc1)C(=O)O.CCN.O=C1C[C@H](NC(=O)OCc2ccccc2)C(=O)O1. The zero-order valence-electron chi connectivity index (χ0n) is 90.0. The number of fused-ring (bicyclic) bond motifs is 6. The number of alkyl carbamates (subject to hydrolysis) is 4. The van der Waals surface area contributed by atoms with Gasteiger partial charge in [0, 0.05) is 45.1 Å². The van der Waals surface area contributed by atoms with Crippen molar-refractivity contribution in [2.24, 2.45) is 11.5 Å². The van der Waals surface area contributed by atoms with Crippen molar-refractivity contribution in [3.05, 3.63) is 191 Å². The van der Waals surface area contributed by atoms with Crippen LogP contribution < -0.4 is 59.3 Å². The number of carbonyl (C=O) groups is 14. The standard InChI is InChI=1S/C32H45N3O4.C31H42N2O5.C24H38N2O5.C16H32N2O3.C12H11NO5.C2H7N/c1-3-4-5-6-7-8-9-10-11-16-21-34-30(36)22-29(31(37)33-2)35-32(38)39-23-28-26-19-14-12-17-24(26)25-18-13-15-20-27(25)28;1-2-3-4-5-6-7-8-9-10-15-20-32-29(34)21-28(30(35)36)33-31(37)38-22-27-25-18-13-11-16-23(25)24-17-12-14-19-26(24)27;1-2-3-4-5-6-7-8-9-10-14-17-25-22(27)18-21(23(28)29)26-24(30)31-19-20-15-12-11-13-16-20;1-2-3-4-5-6-7-8-9-10-11-12-18-15(19)13-14(17)16(20)21;14-10-6-9(11(15)18-10)13-12(16)17-7-8-4-2-1-3-5-8;1-2-3/h12-15,17-20,28-29H,3-11,16,21-23H2,1-2H3,(H,33,37)(H,34,36)(H,35,38);11-14,16-19,27-28H,2-10,15,20-22H2,1H3,(H,32,34)(H,33,37)(H,35,36);11-13,15-16,21H,2-10,14,17-19H2,1H3,(H,25,27)(H,26,30)(H,28,29);14H,2-13,17H2,1H3,(H,18,19)(H,20,21);1-5,9H,6-7H2,(H,13,16);2-3H2,1H3/t29-;28-;21-;14-;9-;/m10000./s1. The van der Waals surface area contributed by atoms with E-state index in [-0.39, 0.29) is 82.2 Å². The zero-order chi connectivity index (χ0) is 109. The number of hydrogen-bond donors (Lipinski definition) is 14. The monoisotopic (exact) mass is 2090 g/mol. The third-order valence-corrected chi connectivity index (χ3v) is 25.6. The first-order valence-electron chi connectivity index (χ1n) is 55.1. The molecule has 0 spiro atoms. The second kappa shape index (κ2) is 82.1. The Morgan fingerprint density at radius 3 is 0.860 bits per heavy atom. The fourth-order valence-corrected chi connectivity index (χ4v) is 17.2. The number of carboxylic acid groups (broad SMARTS) is 3. The first-order valence-corrected chi connectivity index (χ1v) is 55.1. The summed E-state index contributed by atoms with van der Waals surface area (Å²) in [6.07, 6.45) is 44.7. The van der Waals surface area contributed by atoms with Gasteiger partial charge in [0.25, 0.3) is 0 Å². The van der Waals surface area contributed by atoms with Crippen LogP contribution in [0.3, 0.4) is 0 Å². The Bertz CT molecular complexity index is 4760. The van der Waals surface area contributed by atoms with Crippen LogP contribution in [0, 0.1) is 0 Å². The number of aliphatic carboxylic acids is 3. The van der Waals surface area contributed by atoms with Gasteiger partial charge in [-0.25, -0.2) is 33.6 Å². The van der Waals surface area contributed by atoms with Crippen LogP contribution in [0.4, 0.5) is 19.2 Å². The van der Waals surface area contributed by atoms with E-state index in [1.54, 1.807) is 24.3 Å². The lowest BCUT2D eigenvalue weighted by Crippen LogP contribution is -2.48. The van der Waals surface area contributed by atoms with E-state index < -0.39 is 102 Å². The summed E-state index contributed by atoms with van der Waals surface area (Å²) < 4.78 is 25.2. The van der Waals surface area contributed by atoms with Gasteiger partial charge in [-0.2, -0.15) is 0 Å². The number of nitrogens with two attached hydrogens (primary N) is 2. The largest absolute Gasteiger partial charge is 0.480 e. The Labute approximate surface area is 889 Å². The topological polar surface area (TPSA) is 506 Å². The van der Waals surface area contributed by atoms with Crippen molar-refractivity contribution in [3.63, 3.8) is 0 Å². The van der Waals surface area contributed by atoms with Crippen molar-refractivity contribution in [2.75, 3.05) is 53.0 Å². The molecule has 1 saturated heterocycles. The molecule has 33 nitrogen and oxygen atoms in total. The van der Waals surface area contributed by atoms with Crippen LogP contribution in [0.1, 0.15) is 369 Å². The van der Waals surface area contributed by atoms with Crippen molar-refractivity contribution < 1.29 is 106 Å². The molecule has 6 aromatic carbocycles. The molecule has 16 N–H and O–H groups in total. The Kier molecular flexibility index (Phi) is 70.8. The highest BCUT2D eigenvalue weighted by molar-refractivity contribution is 5.98. The zero-order valence-corrected chi connectivity index (χ0v) is 90.0. The highest BCUT2D eigenvalue weighted by Crippen LogP contribution is 2.46. The first-order chi connectivity index (χ1) is 72.7. The minimum atomic E-state index is -1.35. The molecular weight excluding hydrogens is 1910 g/mol. The number of nitrogens with one attached hydrogen (secondary N) is 9. The number of carbonyl (C=O) groups excluding carboxylic acids is 11. The van der Waals surface area contributed by atoms with Crippen molar-refractivity contribution in [1.29, 1.82) is 0 Å². The van der Waals surface area contributed by atoms with Gasteiger partial charge in [0.2, 0.25) is 29.5 Å². The highest BCUT2D eigenvalue weighted by atomic mass is 16.6. The number of benzene rings is 6. The number of carboxylic acids is 3. The van der Waals surface area contributed by atoms with Gasteiger partial charge >= 0.3 is 54.2 Å². The van der Waals surface area contributed by atoms with E-state index in [2.05, 4.69) is 92.4 Å². The van der Waals surface area contributed by atoms with Gasteiger partial charge in [-0.1, -0.05) is 423 Å². The smallest absolute Gasteiger partial charge is 0.408 e. The van der Waals surface area contributed by atoms with E-state index in [0.717, 1.165) is 126 Å². The number of unbranched alkanes of at least 4 members (excludes halogenated alkanes) is 36. The van der Waals surface area contributed by atoms with Crippen LogP contribution in [-0.2, 0) is 84.8 Å². The number of hydrogen-bond acceptors (Lipinski definition) is 21. The summed E-state index contributed by atoms with van der Waals surface area (Å²) in [5.41, 5.74) is 20.6. The molecule has 0 aromatic heterocycles. The maximum atomic E-state index is 12.7. The molecule has 0 bridgehead atoms. The average molecular weight is 2090 g/mol. The van der Waals surface area contributed by atoms with E-state index >= 15 is 0 Å². The van der Waals surface area contributed by atoms with E-state index in [1.807, 2.05) is 128 Å². The Balaban J connectivity index is 0.000000398. The molecular formula is C117H175N11O22. The van der Waals surface area contributed by atoms with Gasteiger partial charge in [-0.3, -0.25) is 33.6 Å². The van der Waals surface area contributed by atoms with Gasteiger partial charge in [-0.05, 0) is 87.9 Å². The molecule has 6 aromatic rings. The Morgan fingerprint density at radius 1 is 0.333 bits per heavy atom. The predicted octanol–water partition coefficient (Wildman–Crippen LogP) is 20.8. The van der Waals surface area contributed by atoms with E-state index in [4.69, 9.17) is 35.5 Å². The molecule has 150 heavy (non-hydrogen) atoms. The average Bonchev–Trinajstić information content (AvgIpc) is 1.62. The fourth-order valence-electron chi connectivity index (χ4n) is 17.2. The lowest BCUT2D eigenvalue weighted by molar-refractivity contribution is -0.152. The summed E-state index contributed by atoms with van der Waals surface area (Å²) in [5.74, 6) is -7.05. The number of esters is 2. The molecule has 2 aliphatic carbocycles. The van der Waals surface area contributed by atoms with Crippen LogP contribution in [0.5, 0.6) is 0 Å². The number of amides is 9. The fraction of sp³-hybridized carbons (Fsp3) is 0.573. The Hall–Kier alpha value is -12.8. The minimum absolute atomic E-state index is 0.0317. The van der Waals surface area contributed by atoms with Gasteiger partial charge in [0.05, 0.1) is 32.1 Å². The lowest BCUT2D eigenvalue weighted by Gasteiger charge is -2.19. The molecule has 1 aliphatic heterocycles. The molecule has 0 saturated carbocycles. The van der Waals surface area contributed by atoms with E-state index in [9.17, 15) is 77.3 Å². The normalized spacial score (nSPS) is 13.0. The molecule has 830 valence electrons. The van der Waals surface area contributed by atoms with Crippen LogP contribution in [0.15, 0.2) is 158 Å². The van der Waals surface area contributed by atoms with Gasteiger partial charge < -0.3 is 98.3 Å². The molecule has 9 amide bonds. The molecule has 0 radical (unpaired) electrons. The van der Waals surface area contributed by atoms with Crippen molar-refractivity contribution in [3.8, 4) is 22.3 Å². The van der Waals surface area contributed by atoms with Crippen molar-refractivity contribution in [1.82, 2.24) is 47.9 Å². The minimum Gasteiger partial charge on any atom is -0.480 e. The maximum Gasteiger partial charge on any atom is 0.408 e. The number of ether oxygens (including phenoxy) is 5. The number of likely N-dealkylation sites (N-methyl/N-ethyl adjacent to an activating group) is 1. The molecule has 9 rings (SSSR count). The second-order valence-corrected chi connectivity index (χ2v) is 38.1. The molecule has 1 fully saturated rings.